The molecule has 0 spiro atoms. The number of carbonyl (C=O) groups excluding carboxylic acids is 1. The highest BCUT2D eigenvalue weighted by atomic mass is 35.5. The Kier molecular flexibility index (Phi) is 4.21. The molecule has 2 aromatic carbocycles. The number of nitrogens with zero attached hydrogens (tertiary/aromatic N) is 1. The molecular formula is C17H12ClNO3. The maximum Gasteiger partial charge on any atom is 0.331 e. The molecule has 0 saturated heterocycles. The lowest BCUT2D eigenvalue weighted by Gasteiger charge is -1.97. The molecule has 0 bridgehead atoms. The van der Waals surface area contributed by atoms with Gasteiger partial charge in [0.1, 0.15) is 5.52 Å². The standard InChI is InChI=1S/C17H12ClNO3/c18-13-8-5-12(6-9-13)7-10-17(20)21-11-16-19-14-3-1-2-4-15(14)22-16/h1-10H,11H2/b10-7+. The molecule has 4 nitrogen and oxygen atoms in total. The Bertz CT molecular complexity index is 788. The van der Waals surface area contributed by atoms with Crippen molar-refractivity contribution in [3.63, 3.8) is 0 Å². The lowest BCUT2D eigenvalue weighted by atomic mass is 10.2. The fourth-order valence-corrected chi connectivity index (χ4v) is 2.03. The van der Waals surface area contributed by atoms with Gasteiger partial charge in [0.2, 0.25) is 5.89 Å². The highest BCUT2D eigenvalue weighted by Gasteiger charge is 2.06. The van der Waals surface area contributed by atoms with Crippen molar-refractivity contribution < 1.29 is 13.9 Å². The van der Waals surface area contributed by atoms with E-state index in [0.29, 0.717) is 16.5 Å². The van der Waals surface area contributed by atoms with Crippen LogP contribution in [0.2, 0.25) is 5.02 Å². The summed E-state index contributed by atoms with van der Waals surface area (Å²) in [6.07, 6.45) is 3.01. The van der Waals surface area contributed by atoms with E-state index in [1.165, 1.54) is 6.08 Å². The van der Waals surface area contributed by atoms with E-state index < -0.39 is 5.97 Å². The minimum Gasteiger partial charge on any atom is -0.453 e. The summed E-state index contributed by atoms with van der Waals surface area (Å²) in [6, 6.07) is 14.5. The normalized spacial score (nSPS) is 11.1. The number of esters is 1. The Labute approximate surface area is 132 Å². The summed E-state index contributed by atoms with van der Waals surface area (Å²) in [7, 11) is 0. The van der Waals surface area contributed by atoms with Crippen LogP contribution >= 0.6 is 11.6 Å². The van der Waals surface area contributed by atoms with Gasteiger partial charge in [0.05, 0.1) is 0 Å². The van der Waals surface area contributed by atoms with Crippen LogP contribution in [0.25, 0.3) is 17.2 Å². The molecule has 0 unspecified atom stereocenters. The van der Waals surface area contributed by atoms with Gasteiger partial charge >= 0.3 is 5.97 Å². The number of hydrogen-bond acceptors (Lipinski definition) is 4. The zero-order chi connectivity index (χ0) is 15.4. The van der Waals surface area contributed by atoms with Crippen molar-refractivity contribution in [1.29, 1.82) is 0 Å². The molecule has 5 heteroatoms. The van der Waals surface area contributed by atoms with E-state index in [0.717, 1.165) is 11.1 Å². The Morgan fingerprint density at radius 2 is 1.95 bits per heavy atom. The smallest absolute Gasteiger partial charge is 0.331 e. The largest absolute Gasteiger partial charge is 0.453 e. The maximum atomic E-state index is 11.7. The van der Waals surface area contributed by atoms with E-state index in [1.807, 2.05) is 36.4 Å². The molecule has 0 aliphatic rings. The first-order valence-corrected chi connectivity index (χ1v) is 7.03. The number of oxazole rings is 1. The topological polar surface area (TPSA) is 52.3 Å². The second-order valence-corrected chi connectivity index (χ2v) is 5.00. The molecule has 0 N–H and O–H groups in total. The first-order valence-electron chi connectivity index (χ1n) is 6.65. The fourth-order valence-electron chi connectivity index (χ4n) is 1.90. The average Bonchev–Trinajstić information content (AvgIpc) is 2.95. The predicted molar refractivity (Wildman–Crippen MR) is 84.3 cm³/mol. The van der Waals surface area contributed by atoms with E-state index >= 15 is 0 Å². The number of para-hydroxylation sites is 2. The SMILES string of the molecule is O=C(/C=C/c1ccc(Cl)cc1)OCc1nc2ccccc2o1. The van der Waals surface area contributed by atoms with Gasteiger partial charge < -0.3 is 9.15 Å². The summed E-state index contributed by atoms with van der Waals surface area (Å²) in [5, 5.41) is 0.649. The van der Waals surface area contributed by atoms with Crippen LogP contribution in [-0.2, 0) is 16.1 Å². The molecule has 0 fully saturated rings. The number of aromatic nitrogens is 1. The van der Waals surface area contributed by atoms with Crippen LogP contribution in [0.4, 0.5) is 0 Å². The van der Waals surface area contributed by atoms with Gasteiger partial charge in [-0.15, -0.1) is 0 Å². The highest BCUT2D eigenvalue weighted by Crippen LogP contribution is 2.15. The number of fused-ring (bicyclic) bond motifs is 1. The predicted octanol–water partition coefficient (Wildman–Crippen LogP) is 4.24. The molecule has 22 heavy (non-hydrogen) atoms. The van der Waals surface area contributed by atoms with Crippen LogP contribution in [0.5, 0.6) is 0 Å². The summed E-state index contributed by atoms with van der Waals surface area (Å²) in [5.74, 6) is -0.0911. The van der Waals surface area contributed by atoms with E-state index in [-0.39, 0.29) is 6.61 Å². The number of carbonyl (C=O) groups is 1. The molecule has 1 heterocycles. The molecule has 0 aliphatic carbocycles. The number of halogens is 1. The van der Waals surface area contributed by atoms with E-state index in [1.54, 1.807) is 18.2 Å². The second kappa shape index (κ2) is 6.45. The third-order valence-electron chi connectivity index (χ3n) is 2.96. The Morgan fingerprint density at radius 1 is 1.18 bits per heavy atom. The minimum atomic E-state index is -0.461. The lowest BCUT2D eigenvalue weighted by Crippen LogP contribution is -2.00. The zero-order valence-electron chi connectivity index (χ0n) is 11.5. The highest BCUT2D eigenvalue weighted by molar-refractivity contribution is 6.30. The van der Waals surface area contributed by atoms with Crippen LogP contribution in [0.1, 0.15) is 11.5 Å². The van der Waals surface area contributed by atoms with Gasteiger partial charge in [-0.1, -0.05) is 35.9 Å². The molecule has 110 valence electrons. The van der Waals surface area contributed by atoms with Gasteiger partial charge in [-0.05, 0) is 35.9 Å². The Balaban J connectivity index is 1.58. The molecule has 0 saturated carbocycles. The zero-order valence-corrected chi connectivity index (χ0v) is 12.3. The number of ether oxygens (including phenoxy) is 1. The van der Waals surface area contributed by atoms with Gasteiger partial charge in [-0.25, -0.2) is 9.78 Å². The van der Waals surface area contributed by atoms with Gasteiger partial charge in [0.15, 0.2) is 12.2 Å². The minimum absolute atomic E-state index is 0.00152. The van der Waals surface area contributed by atoms with Crippen molar-refractivity contribution in [2.45, 2.75) is 6.61 Å². The van der Waals surface area contributed by atoms with Gasteiger partial charge in [0.25, 0.3) is 0 Å². The summed E-state index contributed by atoms with van der Waals surface area (Å²) in [4.78, 5) is 15.9. The first kappa shape index (κ1) is 14.4. The summed E-state index contributed by atoms with van der Waals surface area (Å²) in [6.45, 7) is -0.00152. The van der Waals surface area contributed by atoms with Crippen molar-refractivity contribution in [3.05, 3.63) is 71.1 Å². The molecule has 0 radical (unpaired) electrons. The van der Waals surface area contributed by atoms with Crippen molar-refractivity contribution in [3.8, 4) is 0 Å². The van der Waals surface area contributed by atoms with Crippen molar-refractivity contribution in [2.75, 3.05) is 0 Å². The van der Waals surface area contributed by atoms with Crippen LogP contribution in [0.3, 0.4) is 0 Å². The lowest BCUT2D eigenvalue weighted by molar-refractivity contribution is -0.139. The van der Waals surface area contributed by atoms with Gasteiger partial charge in [-0.2, -0.15) is 0 Å². The maximum absolute atomic E-state index is 11.7. The number of benzene rings is 2. The summed E-state index contributed by atoms with van der Waals surface area (Å²) in [5.41, 5.74) is 2.28. The third-order valence-corrected chi connectivity index (χ3v) is 3.21. The van der Waals surface area contributed by atoms with E-state index in [2.05, 4.69) is 4.98 Å². The monoisotopic (exact) mass is 313 g/mol. The van der Waals surface area contributed by atoms with Crippen LogP contribution in [-0.4, -0.2) is 11.0 Å². The third kappa shape index (κ3) is 3.54. The van der Waals surface area contributed by atoms with Crippen LogP contribution in [0, 0.1) is 0 Å². The molecule has 3 aromatic rings. The second-order valence-electron chi connectivity index (χ2n) is 4.57. The Morgan fingerprint density at radius 3 is 2.73 bits per heavy atom. The van der Waals surface area contributed by atoms with Crippen molar-refractivity contribution >= 4 is 34.7 Å². The summed E-state index contributed by atoms with van der Waals surface area (Å²) >= 11 is 5.79. The van der Waals surface area contributed by atoms with E-state index in [4.69, 9.17) is 20.8 Å². The molecule has 0 aliphatic heterocycles. The van der Waals surface area contributed by atoms with Crippen LogP contribution < -0.4 is 0 Å². The van der Waals surface area contributed by atoms with Gasteiger partial charge in [-0.3, -0.25) is 0 Å². The fraction of sp³-hybridized carbons (Fsp3) is 0.0588. The molecule has 1 aromatic heterocycles. The quantitative estimate of drug-likeness (QED) is 0.534. The van der Waals surface area contributed by atoms with Crippen molar-refractivity contribution in [1.82, 2.24) is 4.98 Å². The molecule has 0 atom stereocenters. The van der Waals surface area contributed by atoms with Gasteiger partial charge in [0, 0.05) is 11.1 Å². The Hall–Kier alpha value is -2.59. The number of rotatable bonds is 4. The average molecular weight is 314 g/mol. The van der Waals surface area contributed by atoms with E-state index in [9.17, 15) is 4.79 Å². The number of hydrogen-bond donors (Lipinski definition) is 0. The molecule has 3 rings (SSSR count). The molecule has 0 amide bonds. The van der Waals surface area contributed by atoms with Crippen molar-refractivity contribution in [2.24, 2.45) is 0 Å². The first-order chi connectivity index (χ1) is 10.7. The van der Waals surface area contributed by atoms with Crippen LogP contribution in [0.15, 0.2) is 59.0 Å². The summed E-state index contributed by atoms with van der Waals surface area (Å²) < 4.78 is 10.6. The molecular weight excluding hydrogens is 302 g/mol.